The summed E-state index contributed by atoms with van der Waals surface area (Å²) in [5.41, 5.74) is 0. The number of rotatable bonds is 63. The summed E-state index contributed by atoms with van der Waals surface area (Å²) in [5, 5.41) is 0. The number of carbonyl (C=O) groups is 3. The molecule has 0 spiro atoms. The molecule has 0 N–H and O–H groups in total. The van der Waals surface area contributed by atoms with Crippen molar-refractivity contribution in [1.29, 1.82) is 0 Å². The maximum atomic E-state index is 13.0. The lowest BCUT2D eigenvalue weighted by atomic mass is 10.0. The van der Waals surface area contributed by atoms with Crippen molar-refractivity contribution in [3.8, 4) is 0 Å². The van der Waals surface area contributed by atoms with E-state index >= 15 is 0 Å². The van der Waals surface area contributed by atoms with Crippen LogP contribution in [-0.4, -0.2) is 37.2 Å². The van der Waals surface area contributed by atoms with Gasteiger partial charge >= 0.3 is 17.9 Å². The standard InChI is InChI=1S/C77H130O6/c1-4-7-10-13-16-19-22-25-28-30-32-34-36-37-38-39-40-41-42-44-45-47-49-52-55-58-61-64-67-70-76(79)82-73-74(72-81-75(78)69-66-63-60-57-54-51-27-24-21-18-15-12-9-6-3)83-77(80)71-68-65-62-59-56-53-50-48-46-43-35-33-31-29-26-23-20-17-14-11-8-5-2/h7,10,16,19,24-25,27-28,32,34,37-38,40-41,44-45,49,52,58,61,74H,4-6,8-9,11-15,17-18,20-23,26,29-31,33,35-36,39,42-43,46-48,50-51,53-57,59-60,62-73H2,1-3H3/b10-7-,19-16-,27-24-,28-25-,34-32-,38-37-,41-40-,45-44-,52-49-,61-58-. The molecule has 83 heavy (non-hydrogen) atoms. The fourth-order valence-corrected chi connectivity index (χ4v) is 9.74. The van der Waals surface area contributed by atoms with Crippen LogP contribution in [0.3, 0.4) is 0 Å². The minimum absolute atomic E-state index is 0.0995. The van der Waals surface area contributed by atoms with Crippen LogP contribution in [0.1, 0.15) is 329 Å². The monoisotopic (exact) mass is 1150 g/mol. The van der Waals surface area contributed by atoms with Crippen molar-refractivity contribution < 1.29 is 28.6 Å². The van der Waals surface area contributed by atoms with E-state index in [0.29, 0.717) is 19.3 Å². The third kappa shape index (κ3) is 68.5. The van der Waals surface area contributed by atoms with Gasteiger partial charge in [-0.05, 0) is 109 Å². The molecule has 0 aliphatic rings. The summed E-state index contributed by atoms with van der Waals surface area (Å²) >= 11 is 0. The van der Waals surface area contributed by atoms with Gasteiger partial charge in [-0.25, -0.2) is 0 Å². The van der Waals surface area contributed by atoms with Gasteiger partial charge in [-0.15, -0.1) is 0 Å². The summed E-state index contributed by atoms with van der Waals surface area (Å²) in [6.07, 6.45) is 98.0. The molecule has 0 rings (SSSR count). The number of unbranched alkanes of at least 4 members (excludes halogenated alkanes) is 32. The lowest BCUT2D eigenvalue weighted by molar-refractivity contribution is -0.167. The molecule has 6 heteroatoms. The molecular formula is C77H130O6. The Labute approximate surface area is 513 Å². The van der Waals surface area contributed by atoms with E-state index < -0.39 is 6.10 Å². The van der Waals surface area contributed by atoms with Crippen LogP contribution in [0.5, 0.6) is 0 Å². The highest BCUT2D eigenvalue weighted by Gasteiger charge is 2.19. The summed E-state index contributed by atoms with van der Waals surface area (Å²) in [7, 11) is 0. The third-order valence-electron chi connectivity index (χ3n) is 15.0. The Morgan fingerprint density at radius 3 is 0.795 bits per heavy atom. The van der Waals surface area contributed by atoms with Crippen molar-refractivity contribution in [2.45, 2.75) is 335 Å². The van der Waals surface area contributed by atoms with Crippen LogP contribution in [-0.2, 0) is 28.6 Å². The first-order valence-corrected chi connectivity index (χ1v) is 35.0. The van der Waals surface area contributed by atoms with Gasteiger partial charge in [0.1, 0.15) is 13.2 Å². The van der Waals surface area contributed by atoms with Gasteiger partial charge in [0.05, 0.1) is 0 Å². The Balaban J connectivity index is 4.42. The molecule has 0 bridgehead atoms. The van der Waals surface area contributed by atoms with Crippen LogP contribution in [0.25, 0.3) is 0 Å². The van der Waals surface area contributed by atoms with E-state index in [0.717, 1.165) is 116 Å². The SMILES string of the molecule is CC/C=C\C/C=C\C/C=C\C/C=C\C/C=C\C/C=C\C/C=C\C/C=C\C/C=C\CCCC(=O)OCC(COC(=O)CCCCCCC/C=C\CCCCCCC)OC(=O)CCCCCCCCCCCCCCCCCCCCCCCC. The van der Waals surface area contributed by atoms with E-state index in [-0.39, 0.29) is 37.5 Å². The molecule has 0 saturated heterocycles. The van der Waals surface area contributed by atoms with E-state index in [4.69, 9.17) is 14.2 Å². The molecule has 0 aromatic heterocycles. The van der Waals surface area contributed by atoms with Gasteiger partial charge in [0.15, 0.2) is 6.10 Å². The predicted octanol–water partition coefficient (Wildman–Crippen LogP) is 24.3. The van der Waals surface area contributed by atoms with Crippen LogP contribution >= 0.6 is 0 Å². The number of hydrogen-bond donors (Lipinski definition) is 0. The van der Waals surface area contributed by atoms with Gasteiger partial charge < -0.3 is 14.2 Å². The molecule has 0 heterocycles. The lowest BCUT2D eigenvalue weighted by Crippen LogP contribution is -2.30. The van der Waals surface area contributed by atoms with Crippen molar-refractivity contribution in [2.75, 3.05) is 13.2 Å². The minimum atomic E-state index is -0.808. The Hall–Kier alpha value is -4.19. The highest BCUT2D eigenvalue weighted by atomic mass is 16.6. The molecule has 474 valence electrons. The van der Waals surface area contributed by atoms with Gasteiger partial charge in [0, 0.05) is 19.3 Å². The Kier molecular flexibility index (Phi) is 66.7. The van der Waals surface area contributed by atoms with Crippen LogP contribution in [0, 0.1) is 0 Å². The summed E-state index contributed by atoms with van der Waals surface area (Å²) in [6.45, 7) is 6.50. The van der Waals surface area contributed by atoms with Crippen LogP contribution < -0.4 is 0 Å². The molecule has 0 saturated carbocycles. The van der Waals surface area contributed by atoms with Gasteiger partial charge in [0.25, 0.3) is 0 Å². The number of allylic oxidation sites excluding steroid dienone is 20. The first-order chi connectivity index (χ1) is 41.0. The average molecular weight is 1150 g/mol. The summed E-state index contributed by atoms with van der Waals surface area (Å²) < 4.78 is 16.9. The highest BCUT2D eigenvalue weighted by Crippen LogP contribution is 2.17. The summed E-state index contributed by atoms with van der Waals surface area (Å²) in [6, 6.07) is 0. The van der Waals surface area contributed by atoms with Crippen LogP contribution in [0.4, 0.5) is 0 Å². The zero-order valence-corrected chi connectivity index (χ0v) is 54.4. The number of hydrogen-bond acceptors (Lipinski definition) is 6. The average Bonchev–Trinajstić information content (AvgIpc) is 3.49. The molecular weight excluding hydrogens is 1020 g/mol. The molecule has 1 atom stereocenters. The summed E-state index contributed by atoms with van der Waals surface area (Å²) in [4.78, 5) is 38.4. The second-order valence-electron chi connectivity index (χ2n) is 23.1. The molecule has 0 aliphatic carbocycles. The van der Waals surface area contributed by atoms with E-state index in [1.165, 1.54) is 167 Å². The molecule has 0 fully saturated rings. The fourth-order valence-electron chi connectivity index (χ4n) is 9.74. The van der Waals surface area contributed by atoms with Gasteiger partial charge in [0.2, 0.25) is 0 Å². The number of carbonyl (C=O) groups excluding carboxylic acids is 3. The first-order valence-electron chi connectivity index (χ1n) is 35.0. The third-order valence-corrected chi connectivity index (χ3v) is 15.0. The van der Waals surface area contributed by atoms with E-state index in [1.54, 1.807) is 0 Å². The number of ether oxygens (including phenoxy) is 3. The quantitative estimate of drug-likeness (QED) is 0.0261. The molecule has 1 unspecified atom stereocenters. The second kappa shape index (κ2) is 70.3. The van der Waals surface area contributed by atoms with Crippen LogP contribution in [0.2, 0.25) is 0 Å². The minimum Gasteiger partial charge on any atom is -0.462 e. The van der Waals surface area contributed by atoms with Crippen molar-refractivity contribution in [1.82, 2.24) is 0 Å². The van der Waals surface area contributed by atoms with E-state index in [2.05, 4.69) is 142 Å². The Morgan fingerprint density at radius 2 is 0.482 bits per heavy atom. The predicted molar refractivity (Wildman–Crippen MR) is 362 cm³/mol. The maximum absolute atomic E-state index is 13.0. The van der Waals surface area contributed by atoms with Crippen molar-refractivity contribution in [2.24, 2.45) is 0 Å². The first kappa shape index (κ1) is 78.8. The molecule has 0 radical (unpaired) electrons. The fraction of sp³-hybridized carbons (Fsp3) is 0.701. The lowest BCUT2D eigenvalue weighted by Gasteiger charge is -2.18. The smallest absolute Gasteiger partial charge is 0.306 e. The van der Waals surface area contributed by atoms with Gasteiger partial charge in [-0.2, -0.15) is 0 Å². The topological polar surface area (TPSA) is 78.9 Å². The van der Waals surface area contributed by atoms with Crippen molar-refractivity contribution in [3.05, 3.63) is 122 Å². The highest BCUT2D eigenvalue weighted by molar-refractivity contribution is 5.71. The Morgan fingerprint density at radius 1 is 0.253 bits per heavy atom. The molecule has 0 aromatic carbocycles. The second-order valence-corrected chi connectivity index (χ2v) is 23.1. The molecule has 0 amide bonds. The Bertz CT molecular complexity index is 1700. The molecule has 6 nitrogen and oxygen atoms in total. The largest absolute Gasteiger partial charge is 0.462 e. The molecule has 0 aromatic rings. The number of esters is 3. The van der Waals surface area contributed by atoms with Crippen molar-refractivity contribution >= 4 is 17.9 Å². The van der Waals surface area contributed by atoms with Crippen LogP contribution in [0.15, 0.2) is 122 Å². The zero-order valence-electron chi connectivity index (χ0n) is 54.4. The van der Waals surface area contributed by atoms with Gasteiger partial charge in [-0.1, -0.05) is 322 Å². The normalized spacial score (nSPS) is 12.9. The van der Waals surface area contributed by atoms with E-state index in [1.807, 2.05) is 0 Å². The van der Waals surface area contributed by atoms with Gasteiger partial charge in [-0.3, -0.25) is 14.4 Å². The van der Waals surface area contributed by atoms with E-state index in [9.17, 15) is 14.4 Å². The molecule has 0 aliphatic heterocycles. The summed E-state index contributed by atoms with van der Waals surface area (Å²) in [5.74, 6) is -0.957. The zero-order chi connectivity index (χ0) is 59.9. The maximum Gasteiger partial charge on any atom is 0.306 e. The van der Waals surface area contributed by atoms with Crippen molar-refractivity contribution in [3.63, 3.8) is 0 Å².